The van der Waals surface area contributed by atoms with E-state index in [1.807, 2.05) is 6.92 Å². The van der Waals surface area contributed by atoms with Crippen LogP contribution in [0.4, 0.5) is 0 Å². The van der Waals surface area contributed by atoms with Crippen molar-refractivity contribution in [2.75, 3.05) is 19.8 Å². The number of unbranched alkanes of at least 4 members (excludes halogenated alkanes) is 1. The van der Waals surface area contributed by atoms with Crippen molar-refractivity contribution in [3.8, 4) is 0 Å². The van der Waals surface area contributed by atoms with Crippen molar-refractivity contribution in [1.82, 2.24) is 0 Å². The Morgan fingerprint density at radius 1 is 1.14 bits per heavy atom. The van der Waals surface area contributed by atoms with Crippen LogP contribution in [-0.2, 0) is 28.8 Å². The minimum atomic E-state index is -1.13. The molecule has 0 rings (SSSR count). The first-order valence-corrected chi connectivity index (χ1v) is 6.80. The highest BCUT2D eigenvalue weighted by Gasteiger charge is 2.24. The van der Waals surface area contributed by atoms with Crippen molar-refractivity contribution in [3.63, 3.8) is 0 Å². The third-order valence-electron chi connectivity index (χ3n) is 2.21. The number of hydrogen-bond donors (Lipinski definition) is 0. The zero-order chi connectivity index (χ0) is 16.3. The van der Waals surface area contributed by atoms with Gasteiger partial charge in [-0.1, -0.05) is 32.1 Å². The zero-order valence-electron chi connectivity index (χ0n) is 13.0. The van der Waals surface area contributed by atoms with Gasteiger partial charge in [0.05, 0.1) is 6.61 Å². The minimum absolute atomic E-state index is 0.132. The summed E-state index contributed by atoms with van der Waals surface area (Å²) in [5.74, 6) is -1.25. The molecule has 0 saturated heterocycles. The average molecular weight is 300 g/mol. The van der Waals surface area contributed by atoms with Crippen molar-refractivity contribution in [1.29, 1.82) is 0 Å². The van der Waals surface area contributed by atoms with E-state index in [9.17, 15) is 9.59 Å². The third-order valence-corrected chi connectivity index (χ3v) is 2.21. The fraction of sp³-hybridized carbons (Fsp3) is 0.600. The summed E-state index contributed by atoms with van der Waals surface area (Å²) in [6, 6.07) is 0. The minimum Gasteiger partial charge on any atom is -0.464 e. The fourth-order valence-electron chi connectivity index (χ4n) is 1.04. The second-order valence-corrected chi connectivity index (χ2v) is 4.70. The van der Waals surface area contributed by atoms with E-state index >= 15 is 0 Å². The van der Waals surface area contributed by atoms with Gasteiger partial charge in [0.25, 0.3) is 0 Å². The van der Waals surface area contributed by atoms with Crippen LogP contribution < -0.4 is 0 Å². The lowest BCUT2D eigenvalue weighted by Gasteiger charge is -2.16. The van der Waals surface area contributed by atoms with Crippen LogP contribution in [0.1, 0.15) is 33.6 Å². The van der Waals surface area contributed by atoms with Gasteiger partial charge < -0.3 is 9.47 Å². The average Bonchev–Trinajstić information content (AvgIpc) is 2.41. The van der Waals surface area contributed by atoms with Crippen molar-refractivity contribution in [2.24, 2.45) is 0 Å². The highest BCUT2D eigenvalue weighted by atomic mass is 17.2. The molecule has 0 saturated carbocycles. The molecule has 6 nitrogen and oxygen atoms in total. The summed E-state index contributed by atoms with van der Waals surface area (Å²) in [4.78, 5) is 32.9. The molecule has 6 heteroatoms. The number of carbonyl (C=O) groups is 2. The van der Waals surface area contributed by atoms with Crippen LogP contribution in [0, 0.1) is 0 Å². The van der Waals surface area contributed by atoms with Crippen LogP contribution in [-0.4, -0.2) is 37.9 Å². The lowest BCUT2D eigenvalue weighted by Crippen LogP contribution is -2.33. The maximum atomic E-state index is 11.8. The van der Waals surface area contributed by atoms with E-state index in [0.717, 1.165) is 18.4 Å². The Bertz CT molecular complexity index is 374. The Labute approximate surface area is 125 Å². The first kappa shape index (κ1) is 19.3. The first-order chi connectivity index (χ1) is 9.88. The third kappa shape index (κ3) is 9.81. The molecule has 0 amide bonds. The molecule has 0 heterocycles. The number of carbonyl (C=O) groups excluding carboxylic acids is 2. The fourth-order valence-corrected chi connectivity index (χ4v) is 1.04. The van der Waals surface area contributed by atoms with Crippen LogP contribution in [0.2, 0.25) is 0 Å². The van der Waals surface area contributed by atoms with Gasteiger partial charge in [-0.2, -0.15) is 0 Å². The highest BCUT2D eigenvalue weighted by Crippen LogP contribution is 2.03. The van der Waals surface area contributed by atoms with Crippen LogP contribution in [0.3, 0.4) is 0 Å². The monoisotopic (exact) mass is 300 g/mol. The Balaban J connectivity index is 4.37. The smallest absolute Gasteiger partial charge is 0.342 e. The molecule has 1 atom stereocenters. The predicted molar refractivity (Wildman–Crippen MR) is 77.3 cm³/mol. The molecule has 0 radical (unpaired) electrons. The van der Waals surface area contributed by atoms with Gasteiger partial charge in [0, 0.05) is 5.57 Å². The SMILES string of the molecule is C=C(C)COOC(COC(=O)C(=C)C)C(=O)OCCCC. The molecule has 0 aliphatic carbocycles. The van der Waals surface area contributed by atoms with Gasteiger partial charge >= 0.3 is 11.9 Å². The van der Waals surface area contributed by atoms with Crippen molar-refractivity contribution in [2.45, 2.75) is 39.7 Å². The first-order valence-electron chi connectivity index (χ1n) is 6.80. The van der Waals surface area contributed by atoms with E-state index in [4.69, 9.17) is 19.2 Å². The summed E-state index contributed by atoms with van der Waals surface area (Å²) in [6.07, 6.45) is 0.510. The largest absolute Gasteiger partial charge is 0.464 e. The topological polar surface area (TPSA) is 71.1 Å². The summed E-state index contributed by atoms with van der Waals surface area (Å²) in [5.41, 5.74) is 0.961. The molecule has 0 spiro atoms. The van der Waals surface area contributed by atoms with E-state index in [-0.39, 0.29) is 25.4 Å². The van der Waals surface area contributed by atoms with E-state index < -0.39 is 18.0 Å². The highest BCUT2D eigenvalue weighted by molar-refractivity contribution is 5.87. The van der Waals surface area contributed by atoms with Gasteiger partial charge in [-0.15, -0.1) is 0 Å². The van der Waals surface area contributed by atoms with E-state index in [2.05, 4.69) is 13.2 Å². The van der Waals surface area contributed by atoms with E-state index in [0.29, 0.717) is 0 Å². The summed E-state index contributed by atoms with van der Waals surface area (Å²) >= 11 is 0. The van der Waals surface area contributed by atoms with Crippen molar-refractivity contribution in [3.05, 3.63) is 24.3 Å². The second-order valence-electron chi connectivity index (χ2n) is 4.70. The maximum Gasteiger partial charge on any atom is 0.342 e. The standard InChI is InChI=1S/C15H24O6/c1-6-7-8-18-15(17)13(21-20-9-11(2)3)10-19-14(16)12(4)5/h13H,2,4,6-10H2,1,3,5H3. The lowest BCUT2D eigenvalue weighted by molar-refractivity contribution is -0.319. The number of ether oxygens (including phenoxy) is 2. The van der Waals surface area contributed by atoms with Crippen LogP contribution in [0.5, 0.6) is 0 Å². The lowest BCUT2D eigenvalue weighted by atomic mass is 10.3. The summed E-state index contributed by atoms with van der Waals surface area (Å²) in [5, 5.41) is 0. The van der Waals surface area contributed by atoms with Crippen LogP contribution >= 0.6 is 0 Å². The molecule has 0 aromatic rings. The molecule has 0 N–H and O–H groups in total. The molecule has 120 valence electrons. The molecule has 0 aliphatic rings. The summed E-state index contributed by atoms with van der Waals surface area (Å²) in [7, 11) is 0. The van der Waals surface area contributed by atoms with Crippen LogP contribution in [0.25, 0.3) is 0 Å². The molecule has 21 heavy (non-hydrogen) atoms. The zero-order valence-corrected chi connectivity index (χ0v) is 13.0. The van der Waals surface area contributed by atoms with Gasteiger partial charge in [0.15, 0.2) is 0 Å². The molecule has 0 aromatic heterocycles. The number of esters is 2. The van der Waals surface area contributed by atoms with Crippen molar-refractivity contribution >= 4 is 11.9 Å². The molecular weight excluding hydrogens is 276 g/mol. The van der Waals surface area contributed by atoms with Gasteiger partial charge in [-0.05, 0) is 20.3 Å². The van der Waals surface area contributed by atoms with E-state index in [1.54, 1.807) is 6.92 Å². The molecule has 1 unspecified atom stereocenters. The Morgan fingerprint density at radius 3 is 2.33 bits per heavy atom. The molecule has 0 fully saturated rings. The normalized spacial score (nSPS) is 11.6. The molecule has 0 aliphatic heterocycles. The molecule has 0 aromatic carbocycles. The molecule has 0 bridgehead atoms. The predicted octanol–water partition coefficient (Wildman–Crippen LogP) is 2.34. The summed E-state index contributed by atoms with van der Waals surface area (Å²) < 4.78 is 9.90. The Kier molecular flexibility index (Phi) is 10.2. The Hall–Kier alpha value is -1.66. The van der Waals surface area contributed by atoms with Gasteiger partial charge in [0.1, 0.15) is 13.2 Å². The van der Waals surface area contributed by atoms with Gasteiger partial charge in [0.2, 0.25) is 6.10 Å². The van der Waals surface area contributed by atoms with Crippen LogP contribution in [0.15, 0.2) is 24.3 Å². The quantitative estimate of drug-likeness (QED) is 0.146. The second kappa shape index (κ2) is 11.0. The van der Waals surface area contributed by atoms with Gasteiger partial charge in [-0.25, -0.2) is 19.4 Å². The van der Waals surface area contributed by atoms with E-state index in [1.165, 1.54) is 6.92 Å². The summed E-state index contributed by atoms with van der Waals surface area (Å²) in [6.45, 7) is 12.4. The molecular formula is C15H24O6. The number of hydrogen-bond acceptors (Lipinski definition) is 6. The van der Waals surface area contributed by atoms with Crippen molar-refractivity contribution < 1.29 is 28.8 Å². The van der Waals surface area contributed by atoms with Gasteiger partial charge in [-0.3, -0.25) is 0 Å². The Morgan fingerprint density at radius 2 is 1.81 bits per heavy atom. The number of rotatable bonds is 11. The maximum absolute atomic E-state index is 11.8.